The second-order valence-corrected chi connectivity index (χ2v) is 7.01. The summed E-state index contributed by atoms with van der Waals surface area (Å²) in [4.78, 5) is 12.6. The molecule has 1 N–H and O–H groups in total. The van der Waals surface area contributed by atoms with Crippen LogP contribution in [0, 0.1) is 6.92 Å². The number of aromatic nitrogens is 3. The first-order chi connectivity index (χ1) is 13.6. The fraction of sp³-hybridized carbons (Fsp3) is 0.217. The quantitative estimate of drug-likeness (QED) is 0.517. The number of carbonyl (C=O) groups excluding carboxylic acids is 1. The molecular weight excluding hydrogens is 348 g/mol. The maximum absolute atomic E-state index is 12.6. The fourth-order valence-electron chi connectivity index (χ4n) is 3.60. The Kier molecular flexibility index (Phi) is 4.98. The Morgan fingerprint density at radius 3 is 2.61 bits per heavy atom. The number of carbonyl (C=O) groups is 1. The Labute approximate surface area is 164 Å². The minimum Gasteiger partial charge on any atom is -0.351 e. The number of nitrogens with zero attached hydrogens (tertiary/aromatic N) is 3. The Morgan fingerprint density at radius 1 is 1.04 bits per heavy atom. The second kappa shape index (κ2) is 7.72. The number of benzene rings is 2. The molecule has 0 spiro atoms. The van der Waals surface area contributed by atoms with E-state index in [1.165, 1.54) is 16.6 Å². The van der Waals surface area contributed by atoms with Crippen LogP contribution in [0.15, 0.2) is 66.7 Å². The van der Waals surface area contributed by atoms with Crippen molar-refractivity contribution >= 4 is 16.8 Å². The van der Waals surface area contributed by atoms with Crippen LogP contribution in [0.1, 0.15) is 22.6 Å². The van der Waals surface area contributed by atoms with Gasteiger partial charge in [-0.1, -0.05) is 48.5 Å². The van der Waals surface area contributed by atoms with Gasteiger partial charge in [-0.3, -0.25) is 9.48 Å². The number of hydrogen-bond acceptors (Lipinski definition) is 2. The van der Waals surface area contributed by atoms with Crippen molar-refractivity contribution in [2.24, 2.45) is 7.05 Å². The van der Waals surface area contributed by atoms with Gasteiger partial charge in [0.1, 0.15) is 5.69 Å². The highest BCUT2D eigenvalue weighted by Crippen LogP contribution is 2.20. The third-order valence-electron chi connectivity index (χ3n) is 5.04. The molecule has 2 aromatic carbocycles. The molecule has 0 bridgehead atoms. The lowest BCUT2D eigenvalue weighted by Gasteiger charge is -2.09. The maximum Gasteiger partial charge on any atom is 0.269 e. The van der Waals surface area contributed by atoms with Crippen molar-refractivity contribution in [3.63, 3.8) is 0 Å². The third kappa shape index (κ3) is 3.56. The molecule has 0 fully saturated rings. The average molecular weight is 372 g/mol. The average Bonchev–Trinajstić information content (AvgIpc) is 3.25. The topological polar surface area (TPSA) is 51.9 Å². The van der Waals surface area contributed by atoms with Gasteiger partial charge in [0.05, 0.1) is 5.69 Å². The summed E-state index contributed by atoms with van der Waals surface area (Å²) < 4.78 is 3.94. The zero-order chi connectivity index (χ0) is 19.5. The molecule has 28 heavy (non-hydrogen) atoms. The van der Waals surface area contributed by atoms with E-state index in [-0.39, 0.29) is 5.91 Å². The molecule has 5 nitrogen and oxygen atoms in total. The van der Waals surface area contributed by atoms with Gasteiger partial charge in [-0.2, -0.15) is 5.10 Å². The van der Waals surface area contributed by atoms with Gasteiger partial charge in [0.2, 0.25) is 0 Å². The van der Waals surface area contributed by atoms with Gasteiger partial charge in [-0.25, -0.2) is 0 Å². The first-order valence-corrected chi connectivity index (χ1v) is 9.56. The van der Waals surface area contributed by atoms with Crippen LogP contribution >= 0.6 is 0 Å². The SMILES string of the molecule is Cc1cc2ccccc2n1CCCNC(=O)c1cc(-c2ccccc2)nn1C. The van der Waals surface area contributed by atoms with E-state index in [1.807, 2.05) is 36.4 Å². The van der Waals surface area contributed by atoms with E-state index in [4.69, 9.17) is 0 Å². The van der Waals surface area contributed by atoms with Gasteiger partial charge in [0.15, 0.2) is 0 Å². The Balaban J connectivity index is 1.37. The standard InChI is InChI=1S/C23H24N4O/c1-17-15-19-11-6-7-12-21(19)27(17)14-8-13-24-23(28)22-16-20(25-26(22)2)18-9-4-3-5-10-18/h3-7,9-12,15-16H,8,13-14H2,1-2H3,(H,24,28). The number of fused-ring (bicyclic) bond motifs is 1. The molecule has 5 heteroatoms. The normalized spacial score (nSPS) is 11.1. The summed E-state index contributed by atoms with van der Waals surface area (Å²) in [6.45, 7) is 3.62. The molecule has 0 atom stereocenters. The van der Waals surface area contributed by atoms with E-state index in [0.717, 1.165) is 24.2 Å². The van der Waals surface area contributed by atoms with Crippen molar-refractivity contribution in [3.8, 4) is 11.3 Å². The monoisotopic (exact) mass is 372 g/mol. The van der Waals surface area contributed by atoms with E-state index in [0.29, 0.717) is 12.2 Å². The molecule has 1 amide bonds. The molecule has 4 rings (SSSR count). The van der Waals surface area contributed by atoms with Crippen LogP contribution in [-0.4, -0.2) is 26.8 Å². The number of para-hydroxylation sites is 1. The summed E-state index contributed by atoms with van der Waals surface area (Å²) in [6, 6.07) is 22.3. The van der Waals surface area contributed by atoms with Crippen LogP contribution in [0.5, 0.6) is 0 Å². The van der Waals surface area contributed by atoms with E-state index in [2.05, 4.69) is 52.2 Å². The molecule has 0 saturated carbocycles. The van der Waals surface area contributed by atoms with E-state index < -0.39 is 0 Å². The highest BCUT2D eigenvalue weighted by atomic mass is 16.2. The molecule has 0 unspecified atom stereocenters. The van der Waals surface area contributed by atoms with Gasteiger partial charge in [-0.15, -0.1) is 0 Å². The largest absolute Gasteiger partial charge is 0.351 e. The van der Waals surface area contributed by atoms with Crippen molar-refractivity contribution in [2.75, 3.05) is 6.54 Å². The van der Waals surface area contributed by atoms with Gasteiger partial charge < -0.3 is 9.88 Å². The van der Waals surface area contributed by atoms with Gasteiger partial charge in [0, 0.05) is 36.9 Å². The van der Waals surface area contributed by atoms with Gasteiger partial charge in [-0.05, 0) is 36.9 Å². The van der Waals surface area contributed by atoms with Crippen molar-refractivity contribution in [1.82, 2.24) is 19.7 Å². The molecule has 4 aromatic rings. The summed E-state index contributed by atoms with van der Waals surface area (Å²) in [5.74, 6) is -0.0914. The molecule has 0 radical (unpaired) electrons. The van der Waals surface area contributed by atoms with E-state index >= 15 is 0 Å². The maximum atomic E-state index is 12.6. The Morgan fingerprint density at radius 2 is 1.79 bits per heavy atom. The van der Waals surface area contributed by atoms with Gasteiger partial charge >= 0.3 is 0 Å². The number of aryl methyl sites for hydroxylation is 3. The summed E-state index contributed by atoms with van der Waals surface area (Å²) in [5.41, 5.74) is 4.87. The molecule has 2 heterocycles. The van der Waals surface area contributed by atoms with Crippen molar-refractivity contribution < 1.29 is 4.79 Å². The summed E-state index contributed by atoms with van der Waals surface area (Å²) >= 11 is 0. The summed E-state index contributed by atoms with van der Waals surface area (Å²) in [6.07, 6.45) is 0.870. The van der Waals surface area contributed by atoms with Crippen LogP contribution in [0.4, 0.5) is 0 Å². The molecular formula is C23H24N4O. The predicted molar refractivity (Wildman–Crippen MR) is 112 cm³/mol. The van der Waals surface area contributed by atoms with Gasteiger partial charge in [0.25, 0.3) is 5.91 Å². The first-order valence-electron chi connectivity index (χ1n) is 9.56. The number of amides is 1. The molecule has 0 aliphatic heterocycles. The molecule has 142 valence electrons. The first kappa shape index (κ1) is 18.0. The highest BCUT2D eigenvalue weighted by Gasteiger charge is 2.14. The fourth-order valence-corrected chi connectivity index (χ4v) is 3.60. The summed E-state index contributed by atoms with van der Waals surface area (Å²) in [5, 5.41) is 8.75. The van der Waals surface area contributed by atoms with Crippen LogP contribution in [0.2, 0.25) is 0 Å². The second-order valence-electron chi connectivity index (χ2n) is 7.01. The summed E-state index contributed by atoms with van der Waals surface area (Å²) in [7, 11) is 1.80. The number of hydrogen-bond donors (Lipinski definition) is 1. The zero-order valence-corrected chi connectivity index (χ0v) is 16.2. The lowest BCUT2D eigenvalue weighted by molar-refractivity contribution is 0.0943. The highest BCUT2D eigenvalue weighted by molar-refractivity contribution is 5.93. The smallest absolute Gasteiger partial charge is 0.269 e. The number of nitrogens with one attached hydrogen (secondary N) is 1. The van der Waals surface area contributed by atoms with Crippen molar-refractivity contribution in [3.05, 3.63) is 78.1 Å². The molecule has 0 saturated heterocycles. The Bertz CT molecular complexity index is 1110. The van der Waals surface area contributed by atoms with Crippen molar-refractivity contribution in [2.45, 2.75) is 19.9 Å². The van der Waals surface area contributed by atoms with Crippen LogP contribution in [-0.2, 0) is 13.6 Å². The minimum atomic E-state index is -0.0914. The van der Waals surface area contributed by atoms with E-state index in [1.54, 1.807) is 11.7 Å². The predicted octanol–water partition coefficient (Wildman–Crippen LogP) is 4.17. The third-order valence-corrected chi connectivity index (χ3v) is 5.04. The molecule has 0 aliphatic carbocycles. The Hall–Kier alpha value is -3.34. The lowest BCUT2D eigenvalue weighted by Crippen LogP contribution is -2.27. The zero-order valence-electron chi connectivity index (χ0n) is 16.2. The van der Waals surface area contributed by atoms with Crippen LogP contribution in [0.3, 0.4) is 0 Å². The van der Waals surface area contributed by atoms with Crippen LogP contribution < -0.4 is 5.32 Å². The van der Waals surface area contributed by atoms with Crippen molar-refractivity contribution in [1.29, 1.82) is 0 Å². The molecule has 0 aliphatic rings. The van der Waals surface area contributed by atoms with Crippen LogP contribution in [0.25, 0.3) is 22.2 Å². The number of rotatable bonds is 6. The lowest BCUT2D eigenvalue weighted by atomic mass is 10.1. The van der Waals surface area contributed by atoms with E-state index in [9.17, 15) is 4.79 Å². The minimum absolute atomic E-state index is 0.0914. The molecule has 2 aromatic heterocycles.